The minimum Gasteiger partial charge on any atom is -0.269 e. The second kappa shape index (κ2) is 5.70. The van der Waals surface area contributed by atoms with Gasteiger partial charge in [0, 0.05) is 36.5 Å². The summed E-state index contributed by atoms with van der Waals surface area (Å²) in [5.74, 6) is -3.76. The predicted octanol–water partition coefficient (Wildman–Crippen LogP) is -0.0252. The average molecular weight is 363 g/mol. The van der Waals surface area contributed by atoms with E-state index in [9.17, 15) is 28.8 Å². The van der Waals surface area contributed by atoms with Crippen molar-refractivity contribution in [3.63, 3.8) is 0 Å². The van der Waals surface area contributed by atoms with E-state index in [0.717, 1.165) is 51.2 Å². The Labute approximate surface area is 151 Å². The Morgan fingerprint density at radius 1 is 0.370 bits per heavy atom. The number of hydrogen-bond acceptors (Lipinski definition) is 6. The Morgan fingerprint density at radius 3 is 0.741 bits per heavy atom. The molecule has 1 aromatic carbocycles. The van der Waals surface area contributed by atoms with Crippen LogP contribution >= 0.6 is 0 Å². The van der Waals surface area contributed by atoms with Crippen LogP contribution in [0.4, 0.5) is 17.1 Å². The zero-order valence-electron chi connectivity index (χ0n) is 13.5. The number of nitrogens with zero attached hydrogens (tertiary/aromatic N) is 3. The van der Waals surface area contributed by atoms with Crippen LogP contribution in [0.3, 0.4) is 0 Å². The van der Waals surface area contributed by atoms with Crippen molar-refractivity contribution in [3.05, 3.63) is 54.7 Å². The van der Waals surface area contributed by atoms with Gasteiger partial charge in [-0.3, -0.25) is 28.8 Å². The SMILES string of the molecule is O=C1C=CC(=O)N1c1cc(N2C(=O)C=CC2=O)cc(N2C(=O)C=CC2=O)c1. The largest absolute Gasteiger partial charge is 0.269 e. The highest BCUT2D eigenvalue weighted by atomic mass is 16.2. The fourth-order valence-electron chi connectivity index (χ4n) is 2.93. The molecule has 9 heteroatoms. The van der Waals surface area contributed by atoms with Gasteiger partial charge in [-0.25, -0.2) is 14.7 Å². The molecule has 3 aliphatic heterocycles. The molecule has 0 N–H and O–H groups in total. The van der Waals surface area contributed by atoms with Crippen LogP contribution in [0.5, 0.6) is 0 Å². The summed E-state index contributed by atoms with van der Waals surface area (Å²) in [6.07, 6.45) is 6.39. The zero-order valence-corrected chi connectivity index (χ0v) is 13.5. The molecule has 6 amide bonds. The van der Waals surface area contributed by atoms with E-state index in [2.05, 4.69) is 0 Å². The minimum absolute atomic E-state index is 0.0162. The van der Waals surface area contributed by atoms with Gasteiger partial charge in [-0.2, -0.15) is 0 Å². The molecular weight excluding hydrogens is 354 g/mol. The Kier molecular flexibility index (Phi) is 3.45. The van der Waals surface area contributed by atoms with E-state index in [-0.39, 0.29) is 17.1 Å². The topological polar surface area (TPSA) is 112 Å². The third-order valence-electron chi connectivity index (χ3n) is 4.09. The lowest BCUT2D eigenvalue weighted by Gasteiger charge is -2.23. The molecule has 0 atom stereocenters. The van der Waals surface area contributed by atoms with Crippen molar-refractivity contribution in [1.29, 1.82) is 0 Å². The average Bonchev–Trinajstić information content (AvgIpc) is 3.25. The molecule has 3 heterocycles. The van der Waals surface area contributed by atoms with Crippen molar-refractivity contribution >= 4 is 52.5 Å². The van der Waals surface area contributed by atoms with Gasteiger partial charge in [-0.15, -0.1) is 0 Å². The fourth-order valence-corrected chi connectivity index (χ4v) is 2.93. The minimum atomic E-state index is -0.627. The normalized spacial score (nSPS) is 18.9. The third-order valence-corrected chi connectivity index (χ3v) is 4.09. The van der Waals surface area contributed by atoms with Crippen LogP contribution in [0.15, 0.2) is 54.7 Å². The second-order valence-electron chi connectivity index (χ2n) is 5.74. The molecule has 1 aromatic rings. The lowest BCUT2D eigenvalue weighted by molar-refractivity contribution is -0.121. The zero-order chi connectivity index (χ0) is 19.3. The molecule has 27 heavy (non-hydrogen) atoms. The summed E-state index contributed by atoms with van der Waals surface area (Å²) in [6, 6.07) is 3.86. The van der Waals surface area contributed by atoms with Gasteiger partial charge < -0.3 is 0 Å². The number of imide groups is 3. The first-order chi connectivity index (χ1) is 12.9. The van der Waals surface area contributed by atoms with Gasteiger partial charge in [0.1, 0.15) is 0 Å². The monoisotopic (exact) mass is 363 g/mol. The van der Waals surface area contributed by atoms with Gasteiger partial charge in [-0.05, 0) is 18.2 Å². The summed E-state index contributed by atoms with van der Waals surface area (Å²) < 4.78 is 0. The molecule has 0 aliphatic carbocycles. The number of amides is 6. The van der Waals surface area contributed by atoms with Crippen LogP contribution in [0.25, 0.3) is 0 Å². The van der Waals surface area contributed by atoms with Crippen LogP contribution in [0.1, 0.15) is 0 Å². The first kappa shape index (κ1) is 16.3. The fraction of sp³-hybridized carbons (Fsp3) is 0. The van der Waals surface area contributed by atoms with E-state index >= 15 is 0 Å². The van der Waals surface area contributed by atoms with Crippen LogP contribution < -0.4 is 14.7 Å². The summed E-state index contributed by atoms with van der Waals surface area (Å²) in [6.45, 7) is 0. The molecule has 3 aliphatic rings. The van der Waals surface area contributed by atoms with E-state index in [1.54, 1.807) is 0 Å². The molecule has 0 unspecified atom stereocenters. The van der Waals surface area contributed by atoms with E-state index in [0.29, 0.717) is 0 Å². The van der Waals surface area contributed by atoms with Gasteiger partial charge in [0.05, 0.1) is 17.1 Å². The van der Waals surface area contributed by atoms with Crippen molar-refractivity contribution in [1.82, 2.24) is 0 Å². The van der Waals surface area contributed by atoms with Crippen LogP contribution in [0, 0.1) is 0 Å². The summed E-state index contributed by atoms with van der Waals surface area (Å²) in [5, 5.41) is 0. The third kappa shape index (κ3) is 2.49. The van der Waals surface area contributed by atoms with Crippen molar-refractivity contribution in [3.8, 4) is 0 Å². The molecule has 0 fully saturated rings. The molecular formula is C18H9N3O6. The maximum absolute atomic E-state index is 12.0. The number of carbonyl (C=O) groups is 6. The van der Waals surface area contributed by atoms with Gasteiger partial charge in [0.15, 0.2) is 0 Å². The molecule has 9 nitrogen and oxygen atoms in total. The van der Waals surface area contributed by atoms with Crippen molar-refractivity contribution in [2.45, 2.75) is 0 Å². The molecule has 0 saturated heterocycles. The predicted molar refractivity (Wildman–Crippen MR) is 91.3 cm³/mol. The molecule has 0 aromatic heterocycles. The molecule has 0 spiro atoms. The first-order valence-electron chi connectivity index (χ1n) is 7.70. The van der Waals surface area contributed by atoms with E-state index in [1.165, 1.54) is 18.2 Å². The van der Waals surface area contributed by atoms with Crippen molar-refractivity contribution < 1.29 is 28.8 Å². The number of rotatable bonds is 3. The number of anilines is 3. The van der Waals surface area contributed by atoms with Crippen molar-refractivity contribution in [2.75, 3.05) is 14.7 Å². The Morgan fingerprint density at radius 2 is 0.556 bits per heavy atom. The van der Waals surface area contributed by atoms with Gasteiger partial charge in [0.2, 0.25) is 0 Å². The lowest BCUT2D eigenvalue weighted by atomic mass is 10.2. The van der Waals surface area contributed by atoms with E-state index < -0.39 is 35.4 Å². The highest BCUT2D eigenvalue weighted by molar-refractivity contribution is 6.32. The molecule has 0 bridgehead atoms. The quantitative estimate of drug-likeness (QED) is 0.698. The van der Waals surface area contributed by atoms with Gasteiger partial charge >= 0.3 is 0 Å². The Balaban J connectivity index is 1.87. The van der Waals surface area contributed by atoms with Crippen LogP contribution in [0.2, 0.25) is 0 Å². The number of benzene rings is 1. The molecule has 0 saturated carbocycles. The summed E-state index contributed by atoms with van der Waals surface area (Å²) in [5.41, 5.74) is 0.0486. The molecule has 132 valence electrons. The Hall–Kier alpha value is -4.14. The number of hydrogen-bond donors (Lipinski definition) is 0. The van der Waals surface area contributed by atoms with Gasteiger partial charge in [-0.1, -0.05) is 0 Å². The van der Waals surface area contributed by atoms with Gasteiger partial charge in [0.25, 0.3) is 35.4 Å². The van der Waals surface area contributed by atoms with Crippen LogP contribution in [-0.4, -0.2) is 35.4 Å². The summed E-state index contributed by atoms with van der Waals surface area (Å²) in [4.78, 5) is 74.5. The summed E-state index contributed by atoms with van der Waals surface area (Å²) >= 11 is 0. The maximum Gasteiger partial charge on any atom is 0.258 e. The highest BCUT2D eigenvalue weighted by Crippen LogP contribution is 2.34. The first-order valence-corrected chi connectivity index (χ1v) is 7.70. The Bertz CT molecular complexity index is 865. The molecule has 4 rings (SSSR count). The van der Waals surface area contributed by atoms with Crippen LogP contribution in [-0.2, 0) is 28.8 Å². The highest BCUT2D eigenvalue weighted by Gasteiger charge is 2.32. The van der Waals surface area contributed by atoms with E-state index in [1.807, 2.05) is 0 Å². The second-order valence-corrected chi connectivity index (χ2v) is 5.74. The maximum atomic E-state index is 12.0. The van der Waals surface area contributed by atoms with E-state index in [4.69, 9.17) is 0 Å². The standard InChI is InChI=1S/C18H9N3O6/c22-13-1-2-14(23)19(13)10-7-11(20-15(24)3-4-16(20)25)9-12(8-10)21-17(26)5-6-18(21)27/h1-9H. The number of carbonyl (C=O) groups excluding carboxylic acids is 6. The van der Waals surface area contributed by atoms with Crippen molar-refractivity contribution in [2.24, 2.45) is 0 Å². The summed E-state index contributed by atoms with van der Waals surface area (Å²) in [7, 11) is 0. The molecule has 0 radical (unpaired) electrons. The lowest BCUT2D eigenvalue weighted by Crippen LogP contribution is -2.34. The smallest absolute Gasteiger partial charge is 0.258 e.